The maximum Gasteiger partial charge on any atom is 0.188 e. The predicted molar refractivity (Wildman–Crippen MR) is 76.3 cm³/mol. The number of benzene rings is 1. The summed E-state index contributed by atoms with van der Waals surface area (Å²) in [6.45, 7) is 2.34. The number of hydrogen-bond donors (Lipinski definition) is 0. The molecular weight excluding hydrogens is 276 g/mol. The molecule has 1 aliphatic rings. The number of rotatable bonds is 5. The molecule has 0 heterocycles. The van der Waals surface area contributed by atoms with Crippen molar-refractivity contribution in [2.24, 2.45) is 5.41 Å². The van der Waals surface area contributed by atoms with Crippen molar-refractivity contribution in [2.75, 3.05) is 13.7 Å². The largest absolute Gasteiger partial charge is 0.385 e. The summed E-state index contributed by atoms with van der Waals surface area (Å²) in [6.07, 6.45) is 1.51. The summed E-state index contributed by atoms with van der Waals surface area (Å²) in [6, 6.07) is 8.23. The zero-order valence-electron chi connectivity index (χ0n) is 11.8. The van der Waals surface area contributed by atoms with Gasteiger partial charge in [-0.1, -0.05) is 25.1 Å². The number of ketones is 1. The number of ether oxygens (including phenoxy) is 1. The van der Waals surface area contributed by atoms with Gasteiger partial charge in [0, 0.05) is 20.1 Å². The third kappa shape index (κ3) is 2.65. The smallest absolute Gasteiger partial charge is 0.188 e. The lowest BCUT2D eigenvalue weighted by atomic mass is 9.85. The molecule has 0 bridgehead atoms. The maximum atomic E-state index is 12.8. The monoisotopic (exact) mass is 296 g/mol. The molecule has 0 radical (unpaired) electrons. The Bertz CT molecular complexity index is 579. The van der Waals surface area contributed by atoms with Gasteiger partial charge in [0.15, 0.2) is 15.6 Å². The fourth-order valence-corrected chi connectivity index (χ4v) is 5.20. The summed E-state index contributed by atoms with van der Waals surface area (Å²) in [5.74, 6) is -0.174. The molecule has 1 aromatic carbocycles. The molecule has 5 heteroatoms. The van der Waals surface area contributed by atoms with Crippen molar-refractivity contribution < 1.29 is 17.9 Å². The number of Topliss-reactive ketones (excluding diaryl/α,β-unsaturated/α-hetero) is 1. The molecule has 0 amide bonds. The van der Waals surface area contributed by atoms with Gasteiger partial charge in [0.2, 0.25) is 0 Å². The second kappa shape index (κ2) is 5.66. The van der Waals surface area contributed by atoms with Crippen LogP contribution in [0.25, 0.3) is 0 Å². The molecule has 1 aromatic rings. The minimum atomic E-state index is -3.63. The molecule has 4 nitrogen and oxygen atoms in total. The van der Waals surface area contributed by atoms with E-state index in [-0.39, 0.29) is 10.7 Å². The molecule has 2 atom stereocenters. The molecule has 2 unspecified atom stereocenters. The first-order chi connectivity index (χ1) is 9.42. The van der Waals surface area contributed by atoms with E-state index < -0.39 is 20.5 Å². The van der Waals surface area contributed by atoms with Crippen LogP contribution < -0.4 is 0 Å². The lowest BCUT2D eigenvalue weighted by Gasteiger charge is -2.29. The molecule has 0 aromatic heterocycles. The van der Waals surface area contributed by atoms with E-state index in [9.17, 15) is 13.2 Å². The van der Waals surface area contributed by atoms with Gasteiger partial charge in [0.25, 0.3) is 0 Å². The molecule has 110 valence electrons. The van der Waals surface area contributed by atoms with E-state index in [2.05, 4.69) is 0 Å². The standard InChI is InChI=1S/C15H20O4S/c1-15(10-11-19-2)9-8-13(16)14(15)20(17,18)12-6-4-3-5-7-12/h3-7,14H,8-11H2,1-2H3. The quantitative estimate of drug-likeness (QED) is 0.836. The van der Waals surface area contributed by atoms with Gasteiger partial charge in [-0.2, -0.15) is 0 Å². The van der Waals surface area contributed by atoms with E-state index in [1.807, 2.05) is 6.92 Å². The molecule has 0 spiro atoms. The molecule has 0 saturated heterocycles. The first-order valence-electron chi connectivity index (χ1n) is 6.72. The van der Waals surface area contributed by atoms with Crippen LogP contribution in [0.1, 0.15) is 26.2 Å². The van der Waals surface area contributed by atoms with Crippen molar-refractivity contribution in [3.63, 3.8) is 0 Å². The molecule has 1 saturated carbocycles. The SMILES string of the molecule is COCCC1(C)CCC(=O)C1S(=O)(=O)c1ccccc1. The van der Waals surface area contributed by atoms with Gasteiger partial charge in [-0.15, -0.1) is 0 Å². The van der Waals surface area contributed by atoms with Gasteiger partial charge in [-0.3, -0.25) is 4.79 Å². The average Bonchev–Trinajstić information content (AvgIpc) is 2.74. The number of carbonyl (C=O) groups excluding carboxylic acids is 1. The Labute approximate surface area is 120 Å². The first kappa shape index (κ1) is 15.2. The van der Waals surface area contributed by atoms with E-state index in [0.717, 1.165) is 0 Å². The van der Waals surface area contributed by atoms with E-state index in [4.69, 9.17) is 4.74 Å². The van der Waals surface area contributed by atoms with Gasteiger partial charge in [0.1, 0.15) is 5.25 Å². The summed E-state index contributed by atoms with van der Waals surface area (Å²) < 4.78 is 30.6. The third-order valence-electron chi connectivity index (χ3n) is 4.13. The van der Waals surface area contributed by atoms with Crippen molar-refractivity contribution in [2.45, 2.75) is 36.3 Å². The molecule has 0 N–H and O–H groups in total. The number of sulfone groups is 1. The van der Waals surface area contributed by atoms with Crippen LogP contribution >= 0.6 is 0 Å². The van der Waals surface area contributed by atoms with Crippen LogP contribution in [0.2, 0.25) is 0 Å². The maximum absolute atomic E-state index is 12.8. The second-order valence-electron chi connectivity index (χ2n) is 5.60. The highest BCUT2D eigenvalue weighted by molar-refractivity contribution is 7.92. The predicted octanol–water partition coefficient (Wildman–Crippen LogP) is 2.23. The van der Waals surface area contributed by atoms with Gasteiger partial charge in [-0.25, -0.2) is 8.42 Å². The highest BCUT2D eigenvalue weighted by atomic mass is 32.2. The van der Waals surface area contributed by atoms with Crippen LogP contribution in [0.3, 0.4) is 0 Å². The van der Waals surface area contributed by atoms with Crippen LogP contribution in [0, 0.1) is 5.41 Å². The number of hydrogen-bond acceptors (Lipinski definition) is 4. The Morgan fingerprint density at radius 3 is 2.55 bits per heavy atom. The molecule has 0 aliphatic heterocycles. The molecule has 1 fully saturated rings. The van der Waals surface area contributed by atoms with Gasteiger partial charge < -0.3 is 4.74 Å². The zero-order valence-corrected chi connectivity index (χ0v) is 12.7. The van der Waals surface area contributed by atoms with Crippen LogP contribution in [0.5, 0.6) is 0 Å². The summed E-state index contributed by atoms with van der Waals surface area (Å²) in [7, 11) is -2.05. The van der Waals surface area contributed by atoms with Crippen LogP contribution in [0.15, 0.2) is 35.2 Å². The Morgan fingerprint density at radius 1 is 1.30 bits per heavy atom. The fraction of sp³-hybridized carbons (Fsp3) is 0.533. The topological polar surface area (TPSA) is 60.4 Å². The first-order valence-corrected chi connectivity index (χ1v) is 8.27. The fourth-order valence-electron chi connectivity index (χ4n) is 2.94. The molecule has 2 rings (SSSR count). The van der Waals surface area contributed by atoms with Gasteiger partial charge >= 0.3 is 0 Å². The lowest BCUT2D eigenvalue weighted by molar-refractivity contribution is -0.117. The van der Waals surface area contributed by atoms with Crippen molar-refractivity contribution in [3.8, 4) is 0 Å². The third-order valence-corrected chi connectivity index (χ3v) is 6.51. The van der Waals surface area contributed by atoms with Gasteiger partial charge in [0.05, 0.1) is 4.90 Å². The number of methoxy groups -OCH3 is 1. The minimum Gasteiger partial charge on any atom is -0.385 e. The summed E-state index contributed by atoms with van der Waals surface area (Å²) in [5, 5.41) is -0.951. The van der Waals surface area contributed by atoms with E-state index in [1.165, 1.54) is 0 Å². The van der Waals surface area contributed by atoms with Crippen molar-refractivity contribution in [1.82, 2.24) is 0 Å². The zero-order chi connectivity index (χ0) is 14.8. The van der Waals surface area contributed by atoms with Crippen molar-refractivity contribution in [3.05, 3.63) is 30.3 Å². The average molecular weight is 296 g/mol. The summed E-state index contributed by atoms with van der Waals surface area (Å²) >= 11 is 0. The highest BCUT2D eigenvalue weighted by Crippen LogP contribution is 2.44. The minimum absolute atomic E-state index is 0.174. The molecule has 1 aliphatic carbocycles. The molecular formula is C15H20O4S. The highest BCUT2D eigenvalue weighted by Gasteiger charge is 2.51. The Balaban J connectivity index is 2.40. The van der Waals surface area contributed by atoms with E-state index >= 15 is 0 Å². The van der Waals surface area contributed by atoms with Crippen molar-refractivity contribution in [1.29, 1.82) is 0 Å². The number of carbonyl (C=O) groups is 1. The van der Waals surface area contributed by atoms with Crippen LogP contribution in [-0.2, 0) is 19.4 Å². The van der Waals surface area contributed by atoms with E-state index in [1.54, 1.807) is 37.4 Å². The Hall–Kier alpha value is -1.20. The molecule has 20 heavy (non-hydrogen) atoms. The summed E-state index contributed by atoms with van der Waals surface area (Å²) in [4.78, 5) is 12.4. The van der Waals surface area contributed by atoms with Crippen molar-refractivity contribution >= 4 is 15.6 Å². The normalized spacial score (nSPS) is 26.9. The van der Waals surface area contributed by atoms with Gasteiger partial charge in [-0.05, 0) is 30.4 Å². The second-order valence-corrected chi connectivity index (χ2v) is 7.63. The van der Waals surface area contributed by atoms with E-state index in [0.29, 0.717) is 25.9 Å². The Kier molecular flexibility index (Phi) is 4.30. The summed E-state index contributed by atoms with van der Waals surface area (Å²) in [5.41, 5.74) is -0.540. The Morgan fingerprint density at radius 2 is 1.95 bits per heavy atom. The van der Waals surface area contributed by atoms with Crippen LogP contribution in [-0.4, -0.2) is 33.2 Å². The lowest BCUT2D eigenvalue weighted by Crippen LogP contribution is -2.39. The van der Waals surface area contributed by atoms with Crippen LogP contribution in [0.4, 0.5) is 0 Å².